The number of carbonyl (C=O) groups excluding carboxylic acids is 1. The van der Waals surface area contributed by atoms with E-state index < -0.39 is 11.5 Å². The molecule has 0 aliphatic heterocycles. The molecule has 0 aromatic carbocycles. The standard InChI is InChI=1S/C11H12BrN3O3/c1-3-4-5-13-8-6-14-15(7-9(16)18-2)11(17)10(8)12/h1,6,13H,4-5,7H2,2H3. The maximum absolute atomic E-state index is 11.8. The van der Waals surface area contributed by atoms with Crippen LogP contribution in [0.4, 0.5) is 5.69 Å². The average molecular weight is 314 g/mol. The number of ether oxygens (including phenoxy) is 1. The Hall–Kier alpha value is -1.81. The van der Waals surface area contributed by atoms with Crippen molar-refractivity contribution in [3.8, 4) is 12.3 Å². The molecule has 1 N–H and O–H groups in total. The lowest BCUT2D eigenvalue weighted by molar-refractivity contribution is -0.141. The molecule has 7 heteroatoms. The number of halogens is 1. The maximum Gasteiger partial charge on any atom is 0.327 e. The molecule has 18 heavy (non-hydrogen) atoms. The molecule has 0 bridgehead atoms. The highest BCUT2D eigenvalue weighted by molar-refractivity contribution is 9.10. The van der Waals surface area contributed by atoms with Crippen LogP contribution in [-0.2, 0) is 16.1 Å². The van der Waals surface area contributed by atoms with Crippen LogP contribution in [0.2, 0.25) is 0 Å². The van der Waals surface area contributed by atoms with Crippen molar-refractivity contribution in [2.75, 3.05) is 19.0 Å². The van der Waals surface area contributed by atoms with Crippen molar-refractivity contribution in [3.05, 3.63) is 21.0 Å². The second-order valence-corrected chi connectivity index (χ2v) is 4.09. The van der Waals surface area contributed by atoms with Crippen LogP contribution in [0.5, 0.6) is 0 Å². The van der Waals surface area contributed by atoms with E-state index in [0.717, 1.165) is 4.68 Å². The topological polar surface area (TPSA) is 73.2 Å². The summed E-state index contributed by atoms with van der Waals surface area (Å²) in [5.41, 5.74) is 0.127. The van der Waals surface area contributed by atoms with E-state index >= 15 is 0 Å². The smallest absolute Gasteiger partial charge is 0.327 e. The molecule has 0 radical (unpaired) electrons. The Morgan fingerprint density at radius 2 is 2.44 bits per heavy atom. The van der Waals surface area contributed by atoms with E-state index in [1.807, 2.05) is 0 Å². The number of esters is 1. The third-order valence-electron chi connectivity index (χ3n) is 2.08. The van der Waals surface area contributed by atoms with E-state index in [2.05, 4.69) is 37.0 Å². The molecule has 96 valence electrons. The van der Waals surface area contributed by atoms with E-state index in [1.54, 1.807) is 0 Å². The van der Waals surface area contributed by atoms with Crippen molar-refractivity contribution in [1.29, 1.82) is 0 Å². The molecule has 1 heterocycles. The summed E-state index contributed by atoms with van der Waals surface area (Å²) in [4.78, 5) is 22.9. The Morgan fingerprint density at radius 3 is 3.06 bits per heavy atom. The van der Waals surface area contributed by atoms with Crippen LogP contribution < -0.4 is 10.9 Å². The Balaban J connectivity index is 2.88. The number of anilines is 1. The minimum absolute atomic E-state index is 0.224. The van der Waals surface area contributed by atoms with Crippen molar-refractivity contribution in [1.82, 2.24) is 9.78 Å². The van der Waals surface area contributed by atoms with Gasteiger partial charge in [0.05, 0.1) is 19.0 Å². The summed E-state index contributed by atoms with van der Waals surface area (Å²) in [5, 5.41) is 6.83. The molecule has 0 saturated heterocycles. The lowest BCUT2D eigenvalue weighted by Gasteiger charge is -2.08. The molecule has 6 nitrogen and oxygen atoms in total. The number of terminal acetylenes is 1. The van der Waals surface area contributed by atoms with E-state index in [-0.39, 0.29) is 6.54 Å². The van der Waals surface area contributed by atoms with Crippen molar-refractivity contribution in [2.45, 2.75) is 13.0 Å². The van der Waals surface area contributed by atoms with E-state index in [9.17, 15) is 9.59 Å². The van der Waals surface area contributed by atoms with Gasteiger partial charge in [-0.2, -0.15) is 5.10 Å². The first-order valence-corrected chi connectivity index (χ1v) is 5.89. The summed E-state index contributed by atoms with van der Waals surface area (Å²) in [7, 11) is 1.25. The summed E-state index contributed by atoms with van der Waals surface area (Å²) in [5.74, 6) is 1.94. The van der Waals surface area contributed by atoms with Crippen LogP contribution in [0.3, 0.4) is 0 Å². The molecule has 0 saturated carbocycles. The lowest BCUT2D eigenvalue weighted by atomic mass is 10.4. The van der Waals surface area contributed by atoms with Crippen molar-refractivity contribution in [2.24, 2.45) is 0 Å². The SMILES string of the molecule is C#CCCNc1cnn(CC(=O)OC)c(=O)c1Br. The highest BCUT2D eigenvalue weighted by Crippen LogP contribution is 2.15. The molecule has 1 aromatic heterocycles. The number of rotatable bonds is 5. The number of hydrogen-bond donors (Lipinski definition) is 1. The van der Waals surface area contributed by atoms with Crippen LogP contribution in [0.15, 0.2) is 15.5 Å². The normalized spacial score (nSPS) is 9.61. The summed E-state index contributed by atoms with van der Waals surface area (Å²) in [6.45, 7) is 0.315. The first-order valence-electron chi connectivity index (χ1n) is 5.10. The monoisotopic (exact) mass is 313 g/mol. The second kappa shape index (κ2) is 6.81. The summed E-state index contributed by atoms with van der Waals surface area (Å²) < 4.78 is 5.79. The highest BCUT2D eigenvalue weighted by atomic mass is 79.9. The van der Waals surface area contributed by atoms with Gasteiger partial charge in [-0.15, -0.1) is 12.3 Å². The largest absolute Gasteiger partial charge is 0.468 e. The lowest BCUT2D eigenvalue weighted by Crippen LogP contribution is -2.28. The zero-order valence-electron chi connectivity index (χ0n) is 9.77. The van der Waals surface area contributed by atoms with E-state index in [1.165, 1.54) is 13.3 Å². The van der Waals surface area contributed by atoms with Crippen LogP contribution in [0, 0.1) is 12.3 Å². The van der Waals surface area contributed by atoms with Gasteiger partial charge in [-0.3, -0.25) is 9.59 Å². The van der Waals surface area contributed by atoms with Crippen molar-refractivity contribution in [3.63, 3.8) is 0 Å². The van der Waals surface area contributed by atoms with Gasteiger partial charge in [0.1, 0.15) is 11.0 Å². The van der Waals surface area contributed by atoms with E-state index in [0.29, 0.717) is 23.1 Å². The average Bonchev–Trinajstić information content (AvgIpc) is 2.37. The maximum atomic E-state index is 11.8. The van der Waals surface area contributed by atoms with Crippen LogP contribution in [0.25, 0.3) is 0 Å². The fourth-order valence-electron chi connectivity index (χ4n) is 1.16. The van der Waals surface area contributed by atoms with Gasteiger partial charge in [0, 0.05) is 13.0 Å². The quantitative estimate of drug-likeness (QED) is 0.490. The van der Waals surface area contributed by atoms with Crippen molar-refractivity contribution < 1.29 is 9.53 Å². The molecule has 0 fully saturated rings. The van der Waals surface area contributed by atoms with Crippen LogP contribution in [-0.4, -0.2) is 29.4 Å². The molecule has 0 unspecified atom stereocenters. The Bertz CT molecular complexity index is 533. The van der Waals surface area contributed by atoms with Gasteiger partial charge < -0.3 is 10.1 Å². The minimum Gasteiger partial charge on any atom is -0.468 e. The third-order valence-corrected chi connectivity index (χ3v) is 2.84. The predicted molar refractivity (Wildman–Crippen MR) is 70.2 cm³/mol. The summed E-state index contributed by atoms with van der Waals surface area (Å²) in [6.07, 6.45) is 7.11. The molecule has 1 aromatic rings. The fraction of sp³-hybridized carbons (Fsp3) is 0.364. The van der Waals surface area contributed by atoms with Gasteiger partial charge in [-0.25, -0.2) is 4.68 Å². The number of hydrogen-bond acceptors (Lipinski definition) is 5. The van der Waals surface area contributed by atoms with Crippen LogP contribution >= 0.6 is 15.9 Å². The van der Waals surface area contributed by atoms with E-state index in [4.69, 9.17) is 6.42 Å². The van der Waals surface area contributed by atoms with Gasteiger partial charge in [0.25, 0.3) is 5.56 Å². The fourth-order valence-corrected chi connectivity index (χ4v) is 1.60. The molecule has 0 aliphatic rings. The molecular formula is C11H12BrN3O3. The molecule has 0 atom stereocenters. The number of nitrogens with zero attached hydrogens (tertiary/aromatic N) is 2. The number of methoxy groups -OCH3 is 1. The molecule has 0 aliphatic carbocycles. The summed E-state index contributed by atoms with van der Waals surface area (Å²) >= 11 is 3.16. The zero-order chi connectivity index (χ0) is 13.5. The van der Waals surface area contributed by atoms with Gasteiger partial charge in [0.2, 0.25) is 0 Å². The Labute approximate surface area is 112 Å². The van der Waals surface area contributed by atoms with Gasteiger partial charge in [-0.1, -0.05) is 0 Å². The second-order valence-electron chi connectivity index (χ2n) is 3.29. The first kappa shape index (κ1) is 14.3. The Kier molecular flexibility index (Phi) is 5.39. The molecular weight excluding hydrogens is 302 g/mol. The summed E-state index contributed by atoms with van der Waals surface area (Å²) in [6, 6.07) is 0. The molecule has 0 amide bonds. The minimum atomic E-state index is -0.537. The van der Waals surface area contributed by atoms with Gasteiger partial charge in [-0.05, 0) is 15.9 Å². The Morgan fingerprint density at radius 1 is 1.72 bits per heavy atom. The number of aromatic nitrogens is 2. The number of carbonyl (C=O) groups is 1. The number of nitrogens with one attached hydrogen (secondary N) is 1. The third kappa shape index (κ3) is 3.60. The zero-order valence-corrected chi connectivity index (χ0v) is 11.4. The molecule has 0 spiro atoms. The van der Waals surface area contributed by atoms with Gasteiger partial charge >= 0.3 is 5.97 Å². The van der Waals surface area contributed by atoms with Crippen molar-refractivity contribution >= 4 is 27.6 Å². The first-order chi connectivity index (χ1) is 8.60. The highest BCUT2D eigenvalue weighted by Gasteiger charge is 2.11. The predicted octanol–water partition coefficient (Wildman–Crippen LogP) is 0.614. The molecule has 1 rings (SSSR count). The van der Waals surface area contributed by atoms with Crippen LogP contribution in [0.1, 0.15) is 6.42 Å². The van der Waals surface area contributed by atoms with Gasteiger partial charge in [0.15, 0.2) is 0 Å².